The van der Waals surface area contributed by atoms with E-state index in [9.17, 15) is 4.79 Å². The van der Waals surface area contributed by atoms with E-state index in [1.54, 1.807) is 0 Å². The molecule has 4 nitrogen and oxygen atoms in total. The molecule has 0 radical (unpaired) electrons. The zero-order chi connectivity index (χ0) is 13.1. The van der Waals surface area contributed by atoms with Gasteiger partial charge in [0, 0.05) is 6.54 Å². The first kappa shape index (κ1) is 13.1. The predicted octanol–water partition coefficient (Wildman–Crippen LogP) is 1.25. The summed E-state index contributed by atoms with van der Waals surface area (Å²) in [6, 6.07) is 6.07. The minimum absolute atomic E-state index is 0.000648. The van der Waals surface area contributed by atoms with Gasteiger partial charge in [-0.25, -0.2) is 0 Å². The van der Waals surface area contributed by atoms with Crippen molar-refractivity contribution in [1.82, 2.24) is 0 Å². The Morgan fingerprint density at radius 2 is 2.28 bits per heavy atom. The number of hydrogen-bond acceptors (Lipinski definition) is 3. The van der Waals surface area contributed by atoms with E-state index in [0.29, 0.717) is 13.2 Å². The van der Waals surface area contributed by atoms with Gasteiger partial charge in [-0.15, -0.1) is 0 Å². The van der Waals surface area contributed by atoms with Crippen molar-refractivity contribution in [3.63, 3.8) is 0 Å². The average Bonchev–Trinajstić information content (AvgIpc) is 2.38. The van der Waals surface area contributed by atoms with Gasteiger partial charge < -0.3 is 15.4 Å². The fourth-order valence-electron chi connectivity index (χ4n) is 2.46. The van der Waals surface area contributed by atoms with Gasteiger partial charge in [0.1, 0.15) is 6.61 Å². The van der Waals surface area contributed by atoms with Gasteiger partial charge in [-0.3, -0.25) is 4.79 Å². The molecule has 1 aromatic carbocycles. The van der Waals surface area contributed by atoms with Crippen LogP contribution in [0.1, 0.15) is 18.1 Å². The molecule has 1 aromatic rings. The van der Waals surface area contributed by atoms with E-state index in [1.165, 1.54) is 5.56 Å². The second-order valence-electron chi connectivity index (χ2n) is 4.60. The molecule has 1 fully saturated rings. The molecular formula is C14H20N2O2. The summed E-state index contributed by atoms with van der Waals surface area (Å²) in [7, 11) is 0. The fourth-order valence-corrected chi connectivity index (χ4v) is 2.46. The predicted molar refractivity (Wildman–Crippen MR) is 71.7 cm³/mol. The van der Waals surface area contributed by atoms with Crippen molar-refractivity contribution in [3.8, 4) is 0 Å². The molecular weight excluding hydrogens is 228 g/mol. The Kier molecular flexibility index (Phi) is 3.99. The SMILES string of the molecule is CCc1cccc(C)c1N1C(=O)COCC1CN. The molecule has 1 heterocycles. The molecule has 2 rings (SSSR count). The van der Waals surface area contributed by atoms with Crippen LogP contribution >= 0.6 is 0 Å². The Bertz CT molecular complexity index is 445. The molecule has 1 atom stereocenters. The third-order valence-electron chi connectivity index (χ3n) is 3.38. The standard InChI is InChI=1S/C14H20N2O2/c1-3-11-6-4-5-10(2)14(11)16-12(7-15)8-18-9-13(16)17/h4-6,12H,3,7-9,15H2,1-2H3. The van der Waals surface area contributed by atoms with Gasteiger partial charge in [-0.05, 0) is 24.5 Å². The smallest absolute Gasteiger partial charge is 0.253 e. The molecule has 0 bridgehead atoms. The number of aryl methyl sites for hydroxylation is 2. The first-order valence-electron chi connectivity index (χ1n) is 6.37. The summed E-state index contributed by atoms with van der Waals surface area (Å²) in [5.74, 6) is 0.000648. The normalized spacial score (nSPS) is 20.3. The largest absolute Gasteiger partial charge is 0.369 e. The molecule has 1 unspecified atom stereocenters. The van der Waals surface area contributed by atoms with E-state index < -0.39 is 0 Å². The number of para-hydroxylation sites is 1. The van der Waals surface area contributed by atoms with Gasteiger partial charge in [-0.1, -0.05) is 25.1 Å². The van der Waals surface area contributed by atoms with E-state index in [-0.39, 0.29) is 18.6 Å². The third kappa shape index (κ3) is 2.26. The number of hydrogen-bond donors (Lipinski definition) is 1. The van der Waals surface area contributed by atoms with Crippen LogP contribution in [-0.2, 0) is 16.0 Å². The number of anilines is 1. The van der Waals surface area contributed by atoms with Crippen LogP contribution in [-0.4, -0.2) is 31.7 Å². The number of carbonyl (C=O) groups excluding carboxylic acids is 1. The van der Waals surface area contributed by atoms with E-state index in [4.69, 9.17) is 10.5 Å². The summed E-state index contributed by atoms with van der Waals surface area (Å²) in [5.41, 5.74) is 9.08. The molecule has 1 saturated heterocycles. The maximum Gasteiger partial charge on any atom is 0.253 e. The zero-order valence-electron chi connectivity index (χ0n) is 11.0. The molecule has 1 aliphatic rings. The Balaban J connectivity index is 2.47. The van der Waals surface area contributed by atoms with Crippen LogP contribution in [0.4, 0.5) is 5.69 Å². The van der Waals surface area contributed by atoms with Gasteiger partial charge in [0.15, 0.2) is 0 Å². The third-order valence-corrected chi connectivity index (χ3v) is 3.38. The Morgan fingerprint density at radius 1 is 1.50 bits per heavy atom. The van der Waals surface area contributed by atoms with Crippen LogP contribution in [0.15, 0.2) is 18.2 Å². The van der Waals surface area contributed by atoms with Crippen molar-refractivity contribution in [2.75, 3.05) is 24.7 Å². The van der Waals surface area contributed by atoms with Crippen LogP contribution in [0.3, 0.4) is 0 Å². The zero-order valence-corrected chi connectivity index (χ0v) is 11.0. The summed E-state index contributed by atoms with van der Waals surface area (Å²) in [5, 5.41) is 0. The van der Waals surface area contributed by atoms with Crippen molar-refractivity contribution in [3.05, 3.63) is 29.3 Å². The second kappa shape index (κ2) is 5.50. The van der Waals surface area contributed by atoms with Gasteiger partial charge in [0.05, 0.1) is 18.3 Å². The van der Waals surface area contributed by atoms with Crippen molar-refractivity contribution >= 4 is 11.6 Å². The first-order valence-corrected chi connectivity index (χ1v) is 6.37. The number of morpholine rings is 1. The maximum atomic E-state index is 12.1. The van der Waals surface area contributed by atoms with Gasteiger partial charge in [0.2, 0.25) is 0 Å². The lowest BCUT2D eigenvalue weighted by Crippen LogP contribution is -2.53. The van der Waals surface area contributed by atoms with Crippen LogP contribution in [0.2, 0.25) is 0 Å². The molecule has 0 saturated carbocycles. The Labute approximate surface area is 108 Å². The highest BCUT2D eigenvalue weighted by Gasteiger charge is 2.31. The molecule has 18 heavy (non-hydrogen) atoms. The van der Waals surface area contributed by atoms with E-state index >= 15 is 0 Å². The van der Waals surface area contributed by atoms with Crippen molar-refractivity contribution in [2.24, 2.45) is 5.73 Å². The minimum atomic E-state index is -0.0577. The molecule has 2 N–H and O–H groups in total. The van der Waals surface area contributed by atoms with Gasteiger partial charge in [0.25, 0.3) is 5.91 Å². The first-order chi connectivity index (χ1) is 8.69. The lowest BCUT2D eigenvalue weighted by Gasteiger charge is -2.36. The van der Waals surface area contributed by atoms with E-state index in [0.717, 1.165) is 17.7 Å². The quantitative estimate of drug-likeness (QED) is 0.876. The second-order valence-corrected chi connectivity index (χ2v) is 4.60. The Hall–Kier alpha value is -1.39. The van der Waals surface area contributed by atoms with Gasteiger partial charge in [-0.2, -0.15) is 0 Å². The molecule has 0 spiro atoms. The maximum absolute atomic E-state index is 12.1. The number of amides is 1. The summed E-state index contributed by atoms with van der Waals surface area (Å²) >= 11 is 0. The Morgan fingerprint density at radius 3 is 2.94 bits per heavy atom. The lowest BCUT2D eigenvalue weighted by molar-refractivity contribution is -0.127. The highest BCUT2D eigenvalue weighted by atomic mass is 16.5. The molecule has 0 aromatic heterocycles. The number of nitrogens with zero attached hydrogens (tertiary/aromatic N) is 1. The highest BCUT2D eigenvalue weighted by molar-refractivity contribution is 5.97. The fraction of sp³-hybridized carbons (Fsp3) is 0.500. The molecule has 98 valence electrons. The van der Waals surface area contributed by atoms with E-state index in [2.05, 4.69) is 13.0 Å². The average molecular weight is 248 g/mol. The number of rotatable bonds is 3. The molecule has 1 amide bonds. The molecule has 4 heteroatoms. The number of carbonyl (C=O) groups is 1. The highest BCUT2D eigenvalue weighted by Crippen LogP contribution is 2.29. The van der Waals surface area contributed by atoms with Crippen LogP contribution in [0, 0.1) is 6.92 Å². The summed E-state index contributed by atoms with van der Waals surface area (Å²) < 4.78 is 5.28. The lowest BCUT2D eigenvalue weighted by atomic mass is 10.0. The van der Waals surface area contributed by atoms with E-state index in [1.807, 2.05) is 24.0 Å². The minimum Gasteiger partial charge on any atom is -0.369 e. The van der Waals surface area contributed by atoms with Crippen molar-refractivity contribution in [2.45, 2.75) is 26.3 Å². The van der Waals surface area contributed by atoms with Gasteiger partial charge >= 0.3 is 0 Å². The molecule has 0 aliphatic carbocycles. The summed E-state index contributed by atoms with van der Waals surface area (Å²) in [6.07, 6.45) is 0.902. The van der Waals surface area contributed by atoms with Crippen LogP contribution in [0.5, 0.6) is 0 Å². The number of ether oxygens (including phenoxy) is 1. The topological polar surface area (TPSA) is 55.6 Å². The monoisotopic (exact) mass is 248 g/mol. The van der Waals surface area contributed by atoms with Crippen LogP contribution < -0.4 is 10.6 Å². The van der Waals surface area contributed by atoms with Crippen molar-refractivity contribution in [1.29, 1.82) is 0 Å². The number of nitrogens with two attached hydrogens (primary N) is 1. The summed E-state index contributed by atoms with van der Waals surface area (Å²) in [4.78, 5) is 14.0. The summed E-state index contributed by atoms with van der Waals surface area (Å²) in [6.45, 7) is 5.21. The van der Waals surface area contributed by atoms with Crippen molar-refractivity contribution < 1.29 is 9.53 Å². The van der Waals surface area contributed by atoms with Crippen LogP contribution in [0.25, 0.3) is 0 Å². The molecule has 1 aliphatic heterocycles. The number of benzene rings is 1.